The van der Waals surface area contributed by atoms with Crippen molar-refractivity contribution in [2.45, 2.75) is 30.3 Å². The molecule has 10 heteroatoms. The molecular formula is C21H20ClFN2O4S2. The first-order chi connectivity index (χ1) is 14.8. The molecule has 6 nitrogen and oxygen atoms in total. The second kappa shape index (κ2) is 9.20. The maximum atomic E-state index is 13.1. The number of ether oxygens (including phenoxy) is 1. The number of aromatic nitrogens is 1. The van der Waals surface area contributed by atoms with E-state index in [0.29, 0.717) is 28.8 Å². The van der Waals surface area contributed by atoms with Crippen LogP contribution in [0.1, 0.15) is 19.3 Å². The van der Waals surface area contributed by atoms with Crippen LogP contribution in [0.4, 0.5) is 9.52 Å². The lowest BCUT2D eigenvalue weighted by molar-refractivity contribution is -0.118. The van der Waals surface area contributed by atoms with Gasteiger partial charge in [0.15, 0.2) is 15.0 Å². The van der Waals surface area contributed by atoms with Gasteiger partial charge in [-0.15, -0.1) is 0 Å². The van der Waals surface area contributed by atoms with Crippen molar-refractivity contribution in [3.8, 4) is 0 Å². The predicted molar refractivity (Wildman–Crippen MR) is 119 cm³/mol. The highest BCUT2D eigenvalue weighted by Crippen LogP contribution is 2.32. The largest absolute Gasteiger partial charge is 0.376 e. The molecule has 1 aromatic heterocycles. The van der Waals surface area contributed by atoms with Gasteiger partial charge in [0.05, 0.1) is 33.5 Å². The number of benzene rings is 2. The van der Waals surface area contributed by atoms with Crippen LogP contribution in [0.3, 0.4) is 0 Å². The Morgan fingerprint density at radius 1 is 1.26 bits per heavy atom. The van der Waals surface area contributed by atoms with Crippen molar-refractivity contribution in [3.63, 3.8) is 0 Å². The summed E-state index contributed by atoms with van der Waals surface area (Å²) in [5, 5.41) is 1.06. The van der Waals surface area contributed by atoms with E-state index < -0.39 is 15.7 Å². The lowest BCUT2D eigenvalue weighted by Gasteiger charge is -2.23. The number of carbonyl (C=O) groups is 1. The van der Waals surface area contributed by atoms with Gasteiger partial charge in [-0.05, 0) is 55.3 Å². The van der Waals surface area contributed by atoms with Crippen LogP contribution in [0.15, 0.2) is 47.4 Å². The van der Waals surface area contributed by atoms with Crippen LogP contribution in [-0.2, 0) is 19.4 Å². The van der Waals surface area contributed by atoms with Gasteiger partial charge in [-0.3, -0.25) is 9.69 Å². The Kier molecular flexibility index (Phi) is 6.57. The van der Waals surface area contributed by atoms with Crippen molar-refractivity contribution in [2.75, 3.05) is 23.8 Å². The SMILES string of the molecule is O=C(CCS(=O)(=O)c1ccc(F)cc1)N(CC1CCCO1)c1nc2ccc(Cl)cc2s1. The molecule has 1 aliphatic heterocycles. The molecule has 1 amide bonds. The fraction of sp³-hybridized carbons (Fsp3) is 0.333. The van der Waals surface area contributed by atoms with Gasteiger partial charge in [0, 0.05) is 18.1 Å². The van der Waals surface area contributed by atoms with Gasteiger partial charge < -0.3 is 4.74 Å². The zero-order valence-corrected chi connectivity index (χ0v) is 18.9. The maximum Gasteiger partial charge on any atom is 0.229 e. The Balaban J connectivity index is 1.55. The van der Waals surface area contributed by atoms with E-state index in [1.807, 2.05) is 0 Å². The summed E-state index contributed by atoms with van der Waals surface area (Å²) in [7, 11) is -3.73. The number of hydrogen-bond acceptors (Lipinski definition) is 6. The first kappa shape index (κ1) is 22.1. The van der Waals surface area contributed by atoms with Crippen LogP contribution in [0.5, 0.6) is 0 Å². The predicted octanol–water partition coefficient (Wildman–Crippen LogP) is 4.46. The third kappa shape index (κ3) is 5.23. The number of thiazole rings is 1. The molecule has 0 N–H and O–H groups in total. The van der Waals surface area contributed by atoms with Gasteiger partial charge in [-0.25, -0.2) is 17.8 Å². The van der Waals surface area contributed by atoms with Gasteiger partial charge in [-0.2, -0.15) is 0 Å². The normalized spacial score (nSPS) is 16.6. The molecule has 1 atom stereocenters. The average molecular weight is 483 g/mol. The Morgan fingerprint density at radius 3 is 2.74 bits per heavy atom. The summed E-state index contributed by atoms with van der Waals surface area (Å²) in [6, 6.07) is 9.88. The van der Waals surface area contributed by atoms with Crippen LogP contribution >= 0.6 is 22.9 Å². The van der Waals surface area contributed by atoms with E-state index in [1.54, 1.807) is 18.2 Å². The second-order valence-corrected chi connectivity index (χ2v) is 10.8. The first-order valence-electron chi connectivity index (χ1n) is 9.78. The molecule has 0 spiro atoms. The number of sulfone groups is 1. The minimum atomic E-state index is -3.73. The molecule has 1 aliphatic rings. The van der Waals surface area contributed by atoms with Crippen molar-refractivity contribution in [2.24, 2.45) is 0 Å². The van der Waals surface area contributed by atoms with E-state index in [-0.39, 0.29) is 29.1 Å². The number of carbonyl (C=O) groups excluding carboxylic acids is 1. The molecule has 0 aliphatic carbocycles. The molecule has 4 rings (SSSR count). The highest BCUT2D eigenvalue weighted by atomic mass is 35.5. The van der Waals surface area contributed by atoms with Crippen LogP contribution in [0.25, 0.3) is 10.2 Å². The fourth-order valence-corrected chi connectivity index (χ4v) is 5.89. The van der Waals surface area contributed by atoms with Gasteiger partial charge in [0.2, 0.25) is 5.91 Å². The minimum Gasteiger partial charge on any atom is -0.376 e. The molecule has 0 radical (unpaired) electrons. The van der Waals surface area contributed by atoms with Gasteiger partial charge in [0.25, 0.3) is 0 Å². The molecule has 31 heavy (non-hydrogen) atoms. The molecule has 2 aromatic carbocycles. The van der Waals surface area contributed by atoms with Crippen LogP contribution in [0.2, 0.25) is 5.02 Å². The summed E-state index contributed by atoms with van der Waals surface area (Å²) in [6.45, 7) is 0.948. The summed E-state index contributed by atoms with van der Waals surface area (Å²) in [5.74, 6) is -1.25. The molecular weight excluding hydrogens is 463 g/mol. The van der Waals surface area contributed by atoms with Crippen LogP contribution in [-0.4, -0.2) is 44.3 Å². The molecule has 2 heterocycles. The fourth-order valence-electron chi connectivity index (χ4n) is 3.40. The van der Waals surface area contributed by atoms with Crippen molar-refractivity contribution in [3.05, 3.63) is 53.3 Å². The van der Waals surface area contributed by atoms with E-state index in [2.05, 4.69) is 4.98 Å². The standard InChI is InChI=1S/C21H20ClFN2O4S2/c22-14-3-8-18-19(12-14)30-21(24-18)25(13-16-2-1-10-29-16)20(26)9-11-31(27,28)17-6-4-15(23)5-7-17/h3-8,12,16H,1-2,9-11,13H2. The lowest BCUT2D eigenvalue weighted by Crippen LogP contribution is -2.38. The third-order valence-corrected chi connectivity index (χ3v) is 8.05. The molecule has 3 aromatic rings. The monoisotopic (exact) mass is 482 g/mol. The van der Waals surface area contributed by atoms with Gasteiger partial charge in [0.1, 0.15) is 5.82 Å². The average Bonchev–Trinajstić information content (AvgIpc) is 3.39. The van der Waals surface area contributed by atoms with Gasteiger partial charge in [-0.1, -0.05) is 22.9 Å². The molecule has 1 fully saturated rings. The Hall–Kier alpha value is -2.07. The topological polar surface area (TPSA) is 76.6 Å². The summed E-state index contributed by atoms with van der Waals surface area (Å²) in [6.07, 6.45) is 1.41. The zero-order valence-electron chi connectivity index (χ0n) is 16.5. The highest BCUT2D eigenvalue weighted by molar-refractivity contribution is 7.91. The van der Waals surface area contributed by atoms with E-state index in [4.69, 9.17) is 16.3 Å². The molecule has 0 bridgehead atoms. The van der Waals surface area contributed by atoms with Crippen molar-refractivity contribution in [1.82, 2.24) is 4.98 Å². The lowest BCUT2D eigenvalue weighted by atomic mass is 10.2. The first-order valence-corrected chi connectivity index (χ1v) is 12.6. The van der Waals surface area contributed by atoms with E-state index >= 15 is 0 Å². The molecule has 1 saturated heterocycles. The summed E-state index contributed by atoms with van der Waals surface area (Å²) < 4.78 is 44.8. The van der Waals surface area contributed by atoms with Gasteiger partial charge >= 0.3 is 0 Å². The Morgan fingerprint density at radius 2 is 2.03 bits per heavy atom. The number of fused-ring (bicyclic) bond motifs is 1. The number of halogens is 2. The second-order valence-electron chi connectivity index (χ2n) is 7.27. The number of hydrogen-bond donors (Lipinski definition) is 0. The van der Waals surface area contributed by atoms with E-state index in [9.17, 15) is 17.6 Å². The third-order valence-electron chi connectivity index (χ3n) is 5.04. The number of rotatable bonds is 7. The highest BCUT2D eigenvalue weighted by Gasteiger charge is 2.27. The van der Waals surface area contributed by atoms with E-state index in [0.717, 1.165) is 29.7 Å². The number of anilines is 1. The molecule has 0 saturated carbocycles. The van der Waals surface area contributed by atoms with E-state index in [1.165, 1.54) is 28.4 Å². The number of nitrogens with zero attached hydrogens (tertiary/aromatic N) is 2. The minimum absolute atomic E-state index is 0.0120. The molecule has 1 unspecified atom stereocenters. The Labute approximate surface area is 188 Å². The molecule has 164 valence electrons. The maximum absolute atomic E-state index is 13.1. The quantitative estimate of drug-likeness (QED) is 0.464. The van der Waals surface area contributed by atoms with Crippen molar-refractivity contribution in [1.29, 1.82) is 0 Å². The van der Waals surface area contributed by atoms with Crippen LogP contribution < -0.4 is 4.90 Å². The summed E-state index contributed by atoms with van der Waals surface area (Å²) >= 11 is 7.39. The smallest absolute Gasteiger partial charge is 0.229 e. The van der Waals surface area contributed by atoms with Crippen molar-refractivity contribution < 1.29 is 22.3 Å². The summed E-state index contributed by atoms with van der Waals surface area (Å²) in [4.78, 5) is 19.1. The zero-order chi connectivity index (χ0) is 22.0. The van der Waals surface area contributed by atoms with Crippen molar-refractivity contribution >= 4 is 54.0 Å². The number of amides is 1. The summed E-state index contributed by atoms with van der Waals surface area (Å²) in [5.41, 5.74) is 0.716. The van der Waals surface area contributed by atoms with Crippen LogP contribution in [0, 0.1) is 5.82 Å². The Bertz CT molecular complexity index is 1190.